The molecule has 0 radical (unpaired) electrons. The highest BCUT2D eigenvalue weighted by atomic mass is 32.2. The summed E-state index contributed by atoms with van der Waals surface area (Å²) < 4.78 is 5.61. The second-order valence-corrected chi connectivity index (χ2v) is 9.32. The van der Waals surface area contributed by atoms with Crippen LogP contribution in [0.5, 0.6) is 0 Å². The lowest BCUT2D eigenvalue weighted by Crippen LogP contribution is -2.39. The van der Waals surface area contributed by atoms with E-state index in [1.54, 1.807) is 6.08 Å². The molecule has 2 aliphatic rings. The Hall–Kier alpha value is 0.0100. The van der Waals surface area contributed by atoms with Gasteiger partial charge in [-0.3, -0.25) is 4.18 Å². The van der Waals surface area contributed by atoms with Crippen LogP contribution < -0.4 is 0 Å². The van der Waals surface area contributed by atoms with Crippen LogP contribution in [0.1, 0.15) is 67.2 Å². The van der Waals surface area contributed by atoms with Gasteiger partial charge in [-0.1, -0.05) is 40.7 Å². The summed E-state index contributed by atoms with van der Waals surface area (Å²) in [7, 11) is 0. The predicted octanol–water partition coefficient (Wildman–Crippen LogP) is 5.42. The highest BCUT2D eigenvalue weighted by molar-refractivity contribution is 7.95. The van der Waals surface area contributed by atoms with Crippen molar-refractivity contribution in [2.75, 3.05) is 0 Å². The summed E-state index contributed by atoms with van der Waals surface area (Å²) in [6.45, 7) is 14.2. The molecule has 2 rings (SSSR count). The second kappa shape index (κ2) is 6.86. The molecule has 0 spiro atoms. The van der Waals surface area contributed by atoms with E-state index >= 15 is 0 Å². The van der Waals surface area contributed by atoms with E-state index in [-0.39, 0.29) is 0 Å². The average Bonchev–Trinajstić information content (AvgIpc) is 2.71. The zero-order chi connectivity index (χ0) is 16.5. The van der Waals surface area contributed by atoms with Crippen LogP contribution in [-0.4, -0.2) is 16.6 Å². The fraction of sp³-hybridized carbons (Fsp3) is 0.895. The van der Waals surface area contributed by atoms with Gasteiger partial charge in [0.15, 0.2) is 6.29 Å². The van der Waals surface area contributed by atoms with E-state index in [9.17, 15) is 5.11 Å². The summed E-state index contributed by atoms with van der Waals surface area (Å²) in [5.41, 5.74) is 0.789. The fourth-order valence-electron chi connectivity index (χ4n) is 5.02. The van der Waals surface area contributed by atoms with Gasteiger partial charge in [-0.2, -0.15) is 0 Å². The Bertz CT molecular complexity index is 406. The van der Waals surface area contributed by atoms with Crippen molar-refractivity contribution in [2.45, 2.75) is 78.8 Å². The molecule has 22 heavy (non-hydrogen) atoms. The van der Waals surface area contributed by atoms with Gasteiger partial charge in [0, 0.05) is 5.25 Å². The van der Waals surface area contributed by atoms with Gasteiger partial charge in [0.05, 0.1) is 0 Å². The van der Waals surface area contributed by atoms with Crippen molar-refractivity contribution in [2.24, 2.45) is 28.6 Å². The summed E-state index contributed by atoms with van der Waals surface area (Å²) >= 11 is 1.51. The Morgan fingerprint density at radius 1 is 1.18 bits per heavy atom. The van der Waals surface area contributed by atoms with E-state index in [0.717, 1.165) is 11.8 Å². The summed E-state index contributed by atoms with van der Waals surface area (Å²) in [6.07, 6.45) is 7.96. The standard InChI is InChI=1S/C19H34O2S/c1-7-8-17(20)21-22-15-11-12-19(6)13(2)9-10-16(19)18(4,5)14(15)3/h7-8,13-17,20H,9-12H2,1-6H3/b8-7+/t13?,14-,15?,16?,17?,19+/m0/s1. The van der Waals surface area contributed by atoms with Crippen molar-refractivity contribution < 1.29 is 9.29 Å². The van der Waals surface area contributed by atoms with Crippen LogP contribution in [0.4, 0.5) is 0 Å². The summed E-state index contributed by atoms with van der Waals surface area (Å²) in [5.74, 6) is 2.21. The molecule has 0 aromatic heterocycles. The molecule has 4 unspecified atom stereocenters. The van der Waals surface area contributed by atoms with E-state index in [2.05, 4.69) is 34.6 Å². The van der Waals surface area contributed by atoms with E-state index in [4.69, 9.17) is 4.18 Å². The fourth-order valence-corrected chi connectivity index (χ4v) is 6.07. The van der Waals surface area contributed by atoms with Crippen molar-refractivity contribution in [3.8, 4) is 0 Å². The number of hydrogen-bond donors (Lipinski definition) is 1. The third kappa shape index (κ3) is 3.27. The first-order valence-electron chi connectivity index (χ1n) is 8.86. The zero-order valence-electron chi connectivity index (χ0n) is 15.1. The number of aliphatic hydroxyl groups is 1. The third-order valence-electron chi connectivity index (χ3n) is 7.04. The number of hydrogen-bond acceptors (Lipinski definition) is 3. The Morgan fingerprint density at radius 3 is 2.50 bits per heavy atom. The van der Waals surface area contributed by atoms with Crippen LogP contribution >= 0.6 is 12.0 Å². The Balaban J connectivity index is 2.13. The molecule has 6 atom stereocenters. The normalized spacial score (nSPS) is 43.0. The lowest BCUT2D eigenvalue weighted by atomic mass is 9.60. The van der Waals surface area contributed by atoms with Gasteiger partial charge in [-0.25, -0.2) is 0 Å². The first kappa shape index (κ1) is 18.4. The molecule has 0 saturated heterocycles. The van der Waals surface area contributed by atoms with Gasteiger partial charge >= 0.3 is 0 Å². The number of fused-ring (bicyclic) bond motifs is 1. The Kier molecular flexibility index (Phi) is 5.72. The van der Waals surface area contributed by atoms with Crippen LogP contribution in [-0.2, 0) is 4.18 Å². The van der Waals surface area contributed by atoms with Gasteiger partial charge in [-0.15, -0.1) is 0 Å². The summed E-state index contributed by atoms with van der Waals surface area (Å²) in [5, 5.41) is 10.3. The predicted molar refractivity (Wildman–Crippen MR) is 95.5 cm³/mol. The van der Waals surface area contributed by atoms with Crippen LogP contribution in [0.3, 0.4) is 0 Å². The molecule has 2 fully saturated rings. The van der Waals surface area contributed by atoms with E-state index in [0.29, 0.717) is 22.0 Å². The average molecular weight is 327 g/mol. The van der Waals surface area contributed by atoms with Gasteiger partial charge in [-0.05, 0) is 79.3 Å². The van der Waals surface area contributed by atoms with Crippen LogP contribution in [0, 0.1) is 28.6 Å². The molecule has 2 aliphatic carbocycles. The molecular formula is C19H34O2S. The zero-order valence-corrected chi connectivity index (χ0v) is 16.0. The maximum Gasteiger partial charge on any atom is 0.187 e. The van der Waals surface area contributed by atoms with E-state index in [1.165, 1.54) is 37.7 Å². The van der Waals surface area contributed by atoms with Crippen molar-refractivity contribution >= 4 is 12.0 Å². The molecule has 1 N–H and O–H groups in total. The SMILES string of the molecule is C/C=C/C(O)OSC1CC[C@]2(C)C(C)CCC2C(C)(C)[C@H]1C. The van der Waals surface area contributed by atoms with E-state index in [1.807, 2.05) is 13.0 Å². The second-order valence-electron chi connectivity index (χ2n) is 8.33. The number of rotatable bonds is 4. The molecule has 0 amide bonds. The van der Waals surface area contributed by atoms with Gasteiger partial charge in [0.2, 0.25) is 0 Å². The molecular weight excluding hydrogens is 292 g/mol. The van der Waals surface area contributed by atoms with Crippen molar-refractivity contribution in [3.63, 3.8) is 0 Å². The maximum atomic E-state index is 9.79. The molecule has 2 nitrogen and oxygen atoms in total. The minimum absolute atomic E-state index is 0.322. The largest absolute Gasteiger partial charge is 0.364 e. The lowest BCUT2D eigenvalue weighted by molar-refractivity contribution is 0.0339. The monoisotopic (exact) mass is 326 g/mol. The van der Waals surface area contributed by atoms with Crippen molar-refractivity contribution in [3.05, 3.63) is 12.2 Å². The molecule has 0 bridgehead atoms. The van der Waals surface area contributed by atoms with Gasteiger partial charge in [0.1, 0.15) is 0 Å². The molecule has 0 aliphatic heterocycles. The van der Waals surface area contributed by atoms with Crippen LogP contribution in [0.25, 0.3) is 0 Å². The minimum atomic E-state index is -0.789. The van der Waals surface area contributed by atoms with Gasteiger partial charge in [0.25, 0.3) is 0 Å². The Morgan fingerprint density at radius 2 is 1.86 bits per heavy atom. The first-order chi connectivity index (χ1) is 10.2. The summed E-state index contributed by atoms with van der Waals surface area (Å²) in [6, 6.07) is 0. The minimum Gasteiger partial charge on any atom is -0.364 e. The molecule has 128 valence electrons. The number of aliphatic hydroxyl groups excluding tert-OH is 1. The molecule has 0 aromatic carbocycles. The third-order valence-corrected chi connectivity index (χ3v) is 8.24. The van der Waals surface area contributed by atoms with Crippen LogP contribution in [0.15, 0.2) is 12.2 Å². The molecule has 0 heterocycles. The molecule has 0 aromatic rings. The highest BCUT2D eigenvalue weighted by Crippen LogP contribution is 2.62. The van der Waals surface area contributed by atoms with Crippen molar-refractivity contribution in [1.29, 1.82) is 0 Å². The topological polar surface area (TPSA) is 29.5 Å². The highest BCUT2D eigenvalue weighted by Gasteiger charge is 2.55. The Labute approximate surface area is 141 Å². The van der Waals surface area contributed by atoms with Gasteiger partial charge < -0.3 is 5.11 Å². The smallest absolute Gasteiger partial charge is 0.187 e. The summed E-state index contributed by atoms with van der Waals surface area (Å²) in [4.78, 5) is 0. The van der Waals surface area contributed by atoms with E-state index < -0.39 is 6.29 Å². The number of allylic oxidation sites excluding steroid dienone is 1. The van der Waals surface area contributed by atoms with Crippen molar-refractivity contribution in [1.82, 2.24) is 0 Å². The maximum absolute atomic E-state index is 9.79. The van der Waals surface area contributed by atoms with Crippen LogP contribution in [0.2, 0.25) is 0 Å². The molecule has 2 saturated carbocycles. The quantitative estimate of drug-likeness (QED) is 0.425. The first-order valence-corrected chi connectivity index (χ1v) is 9.67. The lowest BCUT2D eigenvalue weighted by Gasteiger charge is -2.45. The molecule has 3 heteroatoms.